The van der Waals surface area contributed by atoms with Crippen LogP contribution in [-0.4, -0.2) is 12.0 Å². The molecule has 0 saturated carbocycles. The first-order chi connectivity index (χ1) is 11.3. The summed E-state index contributed by atoms with van der Waals surface area (Å²) in [5, 5.41) is 2.95. The Kier molecular flexibility index (Phi) is 5.66. The van der Waals surface area contributed by atoms with Gasteiger partial charge in [0.2, 0.25) is 0 Å². The van der Waals surface area contributed by atoms with E-state index in [2.05, 4.69) is 33.0 Å². The van der Waals surface area contributed by atoms with E-state index in [0.717, 1.165) is 17.7 Å². The Labute approximate surface area is 145 Å². The lowest BCUT2D eigenvalue weighted by molar-refractivity contribution is -0.122. The zero-order valence-corrected chi connectivity index (χ0v) is 15.2. The Hall–Kier alpha value is -2.29. The van der Waals surface area contributed by atoms with Gasteiger partial charge >= 0.3 is 0 Å². The summed E-state index contributed by atoms with van der Waals surface area (Å²) in [5.74, 6) is 0.560. The molecule has 1 amide bonds. The second-order valence-corrected chi connectivity index (χ2v) is 7.03. The Morgan fingerprint density at radius 3 is 2.29 bits per heavy atom. The highest BCUT2D eigenvalue weighted by atomic mass is 16.5. The maximum Gasteiger partial charge on any atom is 0.265 e. The molecule has 2 aromatic rings. The average Bonchev–Trinajstić information content (AvgIpc) is 2.55. The molecule has 3 heteroatoms. The lowest BCUT2D eigenvalue weighted by Gasteiger charge is -2.20. The molecule has 1 N–H and O–H groups in total. The van der Waals surface area contributed by atoms with Crippen molar-refractivity contribution in [2.24, 2.45) is 0 Å². The van der Waals surface area contributed by atoms with Crippen LogP contribution in [0.3, 0.4) is 0 Å². The summed E-state index contributed by atoms with van der Waals surface area (Å²) >= 11 is 0. The third kappa shape index (κ3) is 4.60. The lowest BCUT2D eigenvalue weighted by atomic mass is 9.87. The van der Waals surface area contributed by atoms with Gasteiger partial charge in [0.05, 0.1) is 0 Å². The first-order valence-corrected chi connectivity index (χ1v) is 8.47. The van der Waals surface area contributed by atoms with E-state index in [0.29, 0.717) is 5.75 Å². The molecule has 0 saturated heterocycles. The van der Waals surface area contributed by atoms with Gasteiger partial charge in [-0.2, -0.15) is 0 Å². The van der Waals surface area contributed by atoms with Crippen LogP contribution in [0.4, 0.5) is 5.69 Å². The molecule has 0 bridgehead atoms. The Balaban J connectivity index is 2.01. The van der Waals surface area contributed by atoms with Crippen molar-refractivity contribution in [3.05, 3.63) is 59.7 Å². The maximum atomic E-state index is 12.4. The van der Waals surface area contributed by atoms with Crippen LogP contribution in [0, 0.1) is 0 Å². The minimum Gasteiger partial charge on any atom is -0.481 e. The summed E-state index contributed by atoms with van der Waals surface area (Å²) in [4.78, 5) is 12.4. The average molecular weight is 325 g/mol. The number of benzene rings is 2. The quantitative estimate of drug-likeness (QED) is 0.844. The molecule has 2 rings (SSSR count). The standard InChI is InChI=1S/C21H27NO2/c1-6-16-9-7-8-10-19(16)22-20(23)15(2)24-18-13-11-17(12-14-18)21(3,4)5/h7-15H,6H2,1-5H3,(H,22,23)/t15-/m0/s1. The highest BCUT2D eigenvalue weighted by Gasteiger charge is 2.17. The van der Waals surface area contributed by atoms with Crippen LogP contribution in [-0.2, 0) is 16.6 Å². The van der Waals surface area contributed by atoms with E-state index in [-0.39, 0.29) is 11.3 Å². The van der Waals surface area contributed by atoms with Gasteiger partial charge in [-0.15, -0.1) is 0 Å². The molecule has 0 aliphatic carbocycles. The fourth-order valence-corrected chi connectivity index (χ4v) is 2.48. The molecule has 0 heterocycles. The topological polar surface area (TPSA) is 38.3 Å². The van der Waals surface area contributed by atoms with Crippen molar-refractivity contribution in [3.63, 3.8) is 0 Å². The molecular weight excluding hydrogens is 298 g/mol. The highest BCUT2D eigenvalue weighted by Crippen LogP contribution is 2.25. The zero-order valence-electron chi connectivity index (χ0n) is 15.2. The number of amides is 1. The van der Waals surface area contributed by atoms with Crippen molar-refractivity contribution < 1.29 is 9.53 Å². The van der Waals surface area contributed by atoms with Crippen molar-refractivity contribution in [2.75, 3.05) is 5.32 Å². The van der Waals surface area contributed by atoms with Gasteiger partial charge in [0.1, 0.15) is 5.75 Å². The summed E-state index contributed by atoms with van der Waals surface area (Å²) in [5.41, 5.74) is 3.31. The van der Waals surface area contributed by atoms with E-state index in [4.69, 9.17) is 4.74 Å². The highest BCUT2D eigenvalue weighted by molar-refractivity contribution is 5.94. The van der Waals surface area contributed by atoms with Crippen LogP contribution in [0.15, 0.2) is 48.5 Å². The van der Waals surface area contributed by atoms with Crippen LogP contribution in [0.2, 0.25) is 0 Å². The number of aryl methyl sites for hydroxylation is 1. The number of hydrogen-bond donors (Lipinski definition) is 1. The predicted molar refractivity (Wildman–Crippen MR) is 99.7 cm³/mol. The Morgan fingerprint density at radius 1 is 1.08 bits per heavy atom. The number of carbonyl (C=O) groups excluding carboxylic acids is 1. The van der Waals surface area contributed by atoms with Gasteiger partial charge in [0.15, 0.2) is 6.10 Å². The summed E-state index contributed by atoms with van der Waals surface area (Å²) in [7, 11) is 0. The smallest absolute Gasteiger partial charge is 0.265 e. The van der Waals surface area contributed by atoms with Crippen molar-refractivity contribution >= 4 is 11.6 Å². The first-order valence-electron chi connectivity index (χ1n) is 8.47. The molecule has 0 aliphatic heterocycles. The molecule has 0 aliphatic rings. The molecule has 0 spiro atoms. The lowest BCUT2D eigenvalue weighted by Crippen LogP contribution is -2.30. The number of para-hydroxylation sites is 1. The van der Waals surface area contributed by atoms with Gasteiger partial charge in [0.25, 0.3) is 5.91 Å². The molecule has 2 aromatic carbocycles. The molecule has 3 nitrogen and oxygen atoms in total. The SMILES string of the molecule is CCc1ccccc1NC(=O)[C@H](C)Oc1ccc(C(C)(C)C)cc1. The number of hydrogen-bond acceptors (Lipinski definition) is 2. The summed E-state index contributed by atoms with van der Waals surface area (Å²) in [6, 6.07) is 15.8. The monoisotopic (exact) mass is 325 g/mol. The van der Waals surface area contributed by atoms with Gasteiger partial charge in [-0.1, -0.05) is 58.0 Å². The van der Waals surface area contributed by atoms with Gasteiger partial charge in [-0.25, -0.2) is 0 Å². The fraction of sp³-hybridized carbons (Fsp3) is 0.381. The second-order valence-electron chi connectivity index (χ2n) is 7.03. The molecule has 24 heavy (non-hydrogen) atoms. The predicted octanol–water partition coefficient (Wildman–Crippen LogP) is 4.95. The number of nitrogens with one attached hydrogen (secondary N) is 1. The van der Waals surface area contributed by atoms with E-state index in [1.54, 1.807) is 6.92 Å². The van der Waals surface area contributed by atoms with E-state index in [1.807, 2.05) is 48.5 Å². The number of ether oxygens (including phenoxy) is 1. The van der Waals surface area contributed by atoms with Crippen LogP contribution in [0.25, 0.3) is 0 Å². The fourth-order valence-electron chi connectivity index (χ4n) is 2.48. The van der Waals surface area contributed by atoms with Crippen LogP contribution < -0.4 is 10.1 Å². The van der Waals surface area contributed by atoms with Crippen molar-refractivity contribution in [1.82, 2.24) is 0 Å². The zero-order chi connectivity index (χ0) is 17.7. The van der Waals surface area contributed by atoms with Crippen molar-refractivity contribution in [3.8, 4) is 5.75 Å². The summed E-state index contributed by atoms with van der Waals surface area (Å²) in [6.45, 7) is 10.3. The summed E-state index contributed by atoms with van der Waals surface area (Å²) < 4.78 is 5.78. The molecule has 0 unspecified atom stereocenters. The Bertz CT molecular complexity index is 684. The molecule has 128 valence electrons. The van der Waals surface area contributed by atoms with Crippen molar-refractivity contribution in [1.29, 1.82) is 0 Å². The van der Waals surface area contributed by atoms with E-state index >= 15 is 0 Å². The van der Waals surface area contributed by atoms with E-state index < -0.39 is 6.10 Å². The first kappa shape index (κ1) is 18.1. The largest absolute Gasteiger partial charge is 0.481 e. The van der Waals surface area contributed by atoms with Crippen LogP contribution in [0.1, 0.15) is 45.7 Å². The van der Waals surface area contributed by atoms with E-state index in [9.17, 15) is 4.79 Å². The third-order valence-electron chi connectivity index (χ3n) is 4.06. The normalized spacial score (nSPS) is 12.5. The minimum absolute atomic E-state index is 0.103. The van der Waals surface area contributed by atoms with Gasteiger partial charge < -0.3 is 10.1 Å². The van der Waals surface area contributed by atoms with Gasteiger partial charge in [-0.05, 0) is 48.1 Å². The third-order valence-corrected chi connectivity index (χ3v) is 4.06. The Morgan fingerprint density at radius 2 is 1.71 bits per heavy atom. The summed E-state index contributed by atoms with van der Waals surface area (Å²) in [6.07, 6.45) is 0.315. The van der Waals surface area contributed by atoms with Crippen LogP contribution >= 0.6 is 0 Å². The van der Waals surface area contributed by atoms with Gasteiger partial charge in [-0.3, -0.25) is 4.79 Å². The molecule has 0 radical (unpaired) electrons. The maximum absolute atomic E-state index is 12.4. The van der Waals surface area contributed by atoms with E-state index in [1.165, 1.54) is 5.56 Å². The second kappa shape index (κ2) is 7.52. The minimum atomic E-state index is -0.560. The van der Waals surface area contributed by atoms with Crippen molar-refractivity contribution in [2.45, 2.75) is 52.6 Å². The number of anilines is 1. The van der Waals surface area contributed by atoms with Gasteiger partial charge in [0, 0.05) is 5.69 Å². The number of rotatable bonds is 5. The molecule has 1 atom stereocenters. The molecule has 0 fully saturated rings. The molecular formula is C21H27NO2. The van der Waals surface area contributed by atoms with Crippen LogP contribution in [0.5, 0.6) is 5.75 Å². The molecule has 0 aromatic heterocycles. The number of carbonyl (C=O) groups is 1.